The molecule has 0 amide bonds. The summed E-state index contributed by atoms with van der Waals surface area (Å²) >= 11 is 0. The Balaban J connectivity index is 2.33. The zero-order valence-corrected chi connectivity index (χ0v) is 12.3. The van der Waals surface area contributed by atoms with Crippen LogP contribution in [0, 0.1) is 0 Å². The Bertz CT molecular complexity index is 490. The largest absolute Gasteiger partial charge is 0.416 e. The van der Waals surface area contributed by atoms with Crippen LogP contribution in [0.15, 0.2) is 18.5 Å². The van der Waals surface area contributed by atoms with Gasteiger partial charge in [-0.1, -0.05) is 0 Å². The average Bonchev–Trinajstić information content (AvgIpc) is 2.61. The Morgan fingerprint density at radius 1 is 1.29 bits per heavy atom. The van der Waals surface area contributed by atoms with Crippen LogP contribution in [-0.4, -0.2) is 34.1 Å². The van der Waals surface area contributed by atoms with Gasteiger partial charge in [-0.2, -0.15) is 13.2 Å². The molecule has 1 fully saturated rings. The van der Waals surface area contributed by atoms with E-state index in [1.54, 1.807) is 0 Å². The molecule has 1 aliphatic rings. The first-order valence-electron chi connectivity index (χ1n) is 7.22. The lowest BCUT2D eigenvalue weighted by Crippen LogP contribution is -2.34. The van der Waals surface area contributed by atoms with E-state index in [0.29, 0.717) is 31.8 Å². The second-order valence-corrected chi connectivity index (χ2v) is 5.93. The topological polar surface area (TPSA) is 36.4 Å². The monoisotopic (exact) mass is 302 g/mol. The van der Waals surface area contributed by atoms with Gasteiger partial charge in [-0.15, -0.1) is 0 Å². The smallest absolute Gasteiger partial charge is 0.385 e. The van der Waals surface area contributed by atoms with Crippen LogP contribution in [0.2, 0.25) is 0 Å². The van der Waals surface area contributed by atoms with Crippen molar-refractivity contribution >= 4 is 0 Å². The third-order valence-corrected chi connectivity index (χ3v) is 4.21. The van der Waals surface area contributed by atoms with Crippen LogP contribution in [0.1, 0.15) is 44.2 Å². The van der Waals surface area contributed by atoms with Gasteiger partial charge in [0.1, 0.15) is 0 Å². The lowest BCUT2D eigenvalue weighted by Gasteiger charge is -2.30. The van der Waals surface area contributed by atoms with Crippen LogP contribution in [0.3, 0.4) is 0 Å². The van der Waals surface area contributed by atoms with E-state index < -0.39 is 17.3 Å². The fraction of sp³-hybridized carbons (Fsp3) is 0.667. The minimum atomic E-state index is -4.47. The van der Waals surface area contributed by atoms with Crippen LogP contribution in [0.25, 0.3) is 0 Å². The van der Waals surface area contributed by atoms with Crippen molar-refractivity contribution in [3.05, 3.63) is 29.6 Å². The van der Waals surface area contributed by atoms with Crippen molar-refractivity contribution in [2.24, 2.45) is 0 Å². The summed E-state index contributed by atoms with van der Waals surface area (Å²) in [7, 11) is 0. The second-order valence-electron chi connectivity index (χ2n) is 5.93. The van der Waals surface area contributed by atoms with Crippen LogP contribution < -0.4 is 0 Å². The van der Waals surface area contributed by atoms with Gasteiger partial charge in [-0.3, -0.25) is 4.98 Å². The Morgan fingerprint density at radius 2 is 2.00 bits per heavy atom. The minimum Gasteiger partial charge on any atom is -0.385 e. The van der Waals surface area contributed by atoms with Gasteiger partial charge in [0, 0.05) is 30.5 Å². The van der Waals surface area contributed by atoms with Crippen molar-refractivity contribution in [3.8, 4) is 0 Å². The molecule has 1 aliphatic heterocycles. The zero-order chi connectivity index (χ0) is 15.7. The average molecular weight is 302 g/mol. The van der Waals surface area contributed by atoms with Crippen LogP contribution in [0.4, 0.5) is 13.2 Å². The fourth-order valence-corrected chi connectivity index (χ4v) is 2.94. The predicted molar refractivity (Wildman–Crippen MR) is 73.7 cm³/mol. The highest BCUT2D eigenvalue weighted by atomic mass is 19.4. The number of likely N-dealkylation sites (tertiary alicyclic amines) is 1. The van der Waals surface area contributed by atoms with E-state index in [1.165, 1.54) is 0 Å². The minimum absolute atomic E-state index is 0.0943. The molecular formula is C15H21F3N2O. The molecule has 1 N–H and O–H groups in total. The first-order chi connectivity index (χ1) is 9.74. The Kier molecular flexibility index (Phi) is 4.58. The molecule has 0 spiro atoms. The number of pyridine rings is 1. The molecule has 1 aromatic rings. The summed E-state index contributed by atoms with van der Waals surface area (Å²) in [6.07, 6.45) is -0.912. The Hall–Kier alpha value is -1.14. The summed E-state index contributed by atoms with van der Waals surface area (Å²) in [6.45, 7) is 5.48. The lowest BCUT2D eigenvalue weighted by molar-refractivity contribution is -0.141. The number of hydrogen-bond acceptors (Lipinski definition) is 3. The molecule has 0 saturated carbocycles. The third-order valence-electron chi connectivity index (χ3n) is 4.21. The summed E-state index contributed by atoms with van der Waals surface area (Å²) in [5.41, 5.74) is -2.33. The number of alkyl halides is 3. The number of rotatable bonds is 2. The molecule has 1 unspecified atom stereocenters. The molecule has 0 aromatic carbocycles. The van der Waals surface area contributed by atoms with Gasteiger partial charge in [0.05, 0.1) is 11.2 Å². The maximum absolute atomic E-state index is 13.1. The van der Waals surface area contributed by atoms with Crippen LogP contribution in [-0.2, 0) is 11.8 Å². The van der Waals surface area contributed by atoms with Crippen molar-refractivity contribution in [2.75, 3.05) is 13.1 Å². The van der Waals surface area contributed by atoms with E-state index in [2.05, 4.69) is 23.7 Å². The molecular weight excluding hydrogens is 281 g/mol. The highest BCUT2D eigenvalue weighted by Gasteiger charge is 2.41. The number of hydrogen-bond donors (Lipinski definition) is 1. The number of aliphatic hydroxyl groups is 1. The molecule has 0 bridgehead atoms. The molecule has 1 saturated heterocycles. The van der Waals surface area contributed by atoms with Gasteiger partial charge in [-0.05, 0) is 45.7 Å². The number of nitrogens with zero attached hydrogens (tertiary/aromatic N) is 2. The van der Waals surface area contributed by atoms with Gasteiger partial charge in [0.2, 0.25) is 0 Å². The fourth-order valence-electron chi connectivity index (χ4n) is 2.94. The molecule has 0 aliphatic carbocycles. The molecule has 2 rings (SSSR count). The van der Waals surface area contributed by atoms with E-state index >= 15 is 0 Å². The van der Waals surface area contributed by atoms with Gasteiger partial charge in [0.15, 0.2) is 0 Å². The summed E-state index contributed by atoms with van der Waals surface area (Å²) in [5, 5.41) is 10.8. The second kappa shape index (κ2) is 5.93. The molecule has 1 atom stereocenters. The van der Waals surface area contributed by atoms with E-state index in [4.69, 9.17) is 0 Å². The van der Waals surface area contributed by atoms with Crippen molar-refractivity contribution in [3.63, 3.8) is 0 Å². The van der Waals surface area contributed by atoms with E-state index in [1.807, 2.05) is 0 Å². The zero-order valence-electron chi connectivity index (χ0n) is 12.3. The first kappa shape index (κ1) is 16.2. The highest BCUT2D eigenvalue weighted by Crippen LogP contribution is 2.40. The Labute approximate surface area is 122 Å². The molecule has 21 heavy (non-hydrogen) atoms. The lowest BCUT2D eigenvalue weighted by atomic mass is 9.85. The van der Waals surface area contributed by atoms with Gasteiger partial charge < -0.3 is 10.0 Å². The Morgan fingerprint density at radius 3 is 2.62 bits per heavy atom. The summed E-state index contributed by atoms with van der Waals surface area (Å²) in [6, 6.07) is 1.27. The quantitative estimate of drug-likeness (QED) is 0.911. The molecule has 1 aromatic heterocycles. The maximum Gasteiger partial charge on any atom is 0.416 e. The molecule has 2 heterocycles. The molecule has 0 radical (unpaired) electrons. The molecule has 3 nitrogen and oxygen atoms in total. The summed E-state index contributed by atoms with van der Waals surface area (Å²) < 4.78 is 39.4. The van der Waals surface area contributed by atoms with Crippen LogP contribution >= 0.6 is 0 Å². The molecule has 118 valence electrons. The van der Waals surface area contributed by atoms with Gasteiger partial charge in [0.25, 0.3) is 0 Å². The van der Waals surface area contributed by atoms with E-state index in [-0.39, 0.29) is 5.56 Å². The standard InChI is InChI=1S/C15H21F3N2O/c1-11(2)20-8-3-5-14(21,6-9-20)13-10-19-7-4-12(13)15(16,17)18/h4,7,10-11,21H,3,5-6,8-9H2,1-2H3. The normalized spacial score (nSPS) is 25.1. The highest BCUT2D eigenvalue weighted by molar-refractivity contribution is 5.32. The first-order valence-corrected chi connectivity index (χ1v) is 7.22. The van der Waals surface area contributed by atoms with Crippen molar-refractivity contribution in [1.82, 2.24) is 9.88 Å². The van der Waals surface area contributed by atoms with Crippen molar-refractivity contribution in [2.45, 2.75) is 50.9 Å². The third kappa shape index (κ3) is 3.55. The van der Waals surface area contributed by atoms with Gasteiger partial charge >= 0.3 is 6.18 Å². The predicted octanol–water partition coefficient (Wildman–Crippen LogP) is 3.18. The van der Waals surface area contributed by atoms with Gasteiger partial charge in [-0.25, -0.2) is 0 Å². The number of halogens is 3. The van der Waals surface area contributed by atoms with Crippen molar-refractivity contribution in [1.29, 1.82) is 0 Å². The maximum atomic E-state index is 13.1. The summed E-state index contributed by atoms with van der Waals surface area (Å²) in [5.74, 6) is 0. The summed E-state index contributed by atoms with van der Waals surface area (Å²) in [4.78, 5) is 5.97. The SMILES string of the molecule is CC(C)N1CCCC(O)(c2cnccc2C(F)(F)F)CC1. The van der Waals surface area contributed by atoms with Crippen molar-refractivity contribution < 1.29 is 18.3 Å². The van der Waals surface area contributed by atoms with Crippen LogP contribution in [0.5, 0.6) is 0 Å². The molecule has 6 heteroatoms. The van der Waals surface area contributed by atoms with E-state index in [0.717, 1.165) is 25.0 Å². The van der Waals surface area contributed by atoms with E-state index in [9.17, 15) is 18.3 Å². The number of aromatic nitrogens is 1.